The zero-order valence-corrected chi connectivity index (χ0v) is 7.39. The number of anilines is 2. The van der Waals surface area contributed by atoms with Crippen molar-refractivity contribution >= 4 is 11.4 Å². The molecule has 0 saturated heterocycles. The lowest BCUT2D eigenvalue weighted by Gasteiger charge is -1.97. The summed E-state index contributed by atoms with van der Waals surface area (Å²) in [5, 5.41) is 3.00. The first kappa shape index (κ1) is 9.82. The van der Waals surface area contributed by atoms with Crippen molar-refractivity contribution in [2.45, 2.75) is 13.8 Å². The van der Waals surface area contributed by atoms with E-state index in [1.54, 1.807) is 0 Å². The summed E-state index contributed by atoms with van der Waals surface area (Å²) in [5.74, 6) is 0. The van der Waals surface area contributed by atoms with Gasteiger partial charge in [-0.3, -0.25) is 0 Å². The average Bonchev–Trinajstić information content (AvgIpc) is 2.10. The number of hydrogen-bond donors (Lipinski definition) is 2. The molecule has 0 atom stereocenters. The number of nitrogens with two attached hydrogens (primary N) is 1. The molecule has 1 aromatic carbocycles. The van der Waals surface area contributed by atoms with Crippen LogP contribution in [-0.4, -0.2) is 7.05 Å². The highest BCUT2D eigenvalue weighted by Crippen LogP contribution is 2.08. The average molecular weight is 152 g/mol. The van der Waals surface area contributed by atoms with Crippen molar-refractivity contribution in [3.63, 3.8) is 0 Å². The van der Waals surface area contributed by atoms with Gasteiger partial charge in [0, 0.05) is 18.4 Å². The molecule has 2 nitrogen and oxygen atoms in total. The Morgan fingerprint density at radius 1 is 1.09 bits per heavy atom. The molecule has 0 amide bonds. The number of hydrogen-bond acceptors (Lipinski definition) is 2. The van der Waals surface area contributed by atoms with E-state index in [-0.39, 0.29) is 0 Å². The molecule has 1 aromatic rings. The van der Waals surface area contributed by atoms with Crippen molar-refractivity contribution in [1.82, 2.24) is 0 Å². The molecule has 0 unspecified atom stereocenters. The number of benzene rings is 1. The van der Waals surface area contributed by atoms with Gasteiger partial charge in [-0.15, -0.1) is 0 Å². The van der Waals surface area contributed by atoms with E-state index in [2.05, 4.69) is 5.32 Å². The van der Waals surface area contributed by atoms with E-state index in [1.165, 1.54) is 0 Å². The summed E-state index contributed by atoms with van der Waals surface area (Å²) < 4.78 is 0. The fraction of sp³-hybridized carbons (Fsp3) is 0.333. The van der Waals surface area contributed by atoms with Gasteiger partial charge < -0.3 is 11.1 Å². The second-order valence-corrected chi connectivity index (χ2v) is 1.87. The van der Waals surface area contributed by atoms with Crippen LogP contribution in [0.1, 0.15) is 13.8 Å². The van der Waals surface area contributed by atoms with Crippen LogP contribution in [-0.2, 0) is 0 Å². The predicted molar refractivity (Wildman–Crippen MR) is 51.7 cm³/mol. The van der Waals surface area contributed by atoms with E-state index in [9.17, 15) is 0 Å². The minimum absolute atomic E-state index is 0.800. The molecule has 0 aliphatic heterocycles. The van der Waals surface area contributed by atoms with Crippen molar-refractivity contribution in [3.8, 4) is 0 Å². The first-order chi connectivity index (χ1) is 5.33. The lowest BCUT2D eigenvalue weighted by atomic mass is 10.3. The molecule has 3 N–H and O–H groups in total. The molecule has 0 fully saturated rings. The highest BCUT2D eigenvalue weighted by atomic mass is 14.8. The van der Waals surface area contributed by atoms with Gasteiger partial charge in [0.15, 0.2) is 0 Å². The van der Waals surface area contributed by atoms with Crippen LogP contribution >= 0.6 is 0 Å². The molecule has 0 aliphatic carbocycles. The minimum atomic E-state index is 0.800. The maximum atomic E-state index is 5.45. The van der Waals surface area contributed by atoms with Crippen LogP contribution in [0.4, 0.5) is 11.4 Å². The normalized spacial score (nSPS) is 7.91. The van der Waals surface area contributed by atoms with Gasteiger partial charge in [0.05, 0.1) is 0 Å². The van der Waals surface area contributed by atoms with Crippen molar-refractivity contribution in [2.75, 3.05) is 18.1 Å². The minimum Gasteiger partial charge on any atom is -0.399 e. The molecular weight excluding hydrogens is 136 g/mol. The highest BCUT2D eigenvalue weighted by molar-refractivity contribution is 5.50. The Balaban J connectivity index is 0.000000461. The lowest BCUT2D eigenvalue weighted by molar-refractivity contribution is 1.50. The van der Waals surface area contributed by atoms with E-state index in [0.717, 1.165) is 11.4 Å². The molecule has 0 spiro atoms. The summed E-state index contributed by atoms with van der Waals surface area (Å²) in [6.07, 6.45) is 0. The zero-order valence-electron chi connectivity index (χ0n) is 7.39. The van der Waals surface area contributed by atoms with E-state index in [0.29, 0.717) is 0 Å². The van der Waals surface area contributed by atoms with Crippen LogP contribution in [0.25, 0.3) is 0 Å². The Hall–Kier alpha value is -1.18. The maximum Gasteiger partial charge on any atom is 0.0339 e. The van der Waals surface area contributed by atoms with Crippen molar-refractivity contribution < 1.29 is 0 Å². The Labute approximate surface area is 68.4 Å². The summed E-state index contributed by atoms with van der Waals surface area (Å²) in [6.45, 7) is 4.00. The van der Waals surface area contributed by atoms with Gasteiger partial charge in [-0.1, -0.05) is 13.8 Å². The highest BCUT2D eigenvalue weighted by Gasteiger charge is 1.84. The largest absolute Gasteiger partial charge is 0.399 e. The summed E-state index contributed by atoms with van der Waals surface area (Å²) >= 11 is 0. The Bertz CT molecular complexity index is 179. The maximum absolute atomic E-state index is 5.45. The van der Waals surface area contributed by atoms with Crippen LogP contribution in [0.2, 0.25) is 0 Å². The second-order valence-electron chi connectivity index (χ2n) is 1.87. The van der Waals surface area contributed by atoms with E-state index in [4.69, 9.17) is 5.73 Å². The standard InChI is InChI=1S/C7H10N2.C2H6/c1-9-7-4-2-6(8)3-5-7;1-2/h2-5,9H,8H2,1H3;1-2H3. The van der Waals surface area contributed by atoms with Crippen LogP contribution < -0.4 is 11.1 Å². The number of nitrogen functional groups attached to an aromatic ring is 1. The van der Waals surface area contributed by atoms with Crippen LogP contribution in [0, 0.1) is 0 Å². The molecule has 0 aliphatic rings. The first-order valence-corrected chi connectivity index (χ1v) is 3.86. The van der Waals surface area contributed by atoms with Crippen LogP contribution in [0.5, 0.6) is 0 Å². The third-order valence-electron chi connectivity index (χ3n) is 1.20. The van der Waals surface area contributed by atoms with Crippen molar-refractivity contribution in [2.24, 2.45) is 0 Å². The molecule has 11 heavy (non-hydrogen) atoms. The lowest BCUT2D eigenvalue weighted by Crippen LogP contribution is -1.88. The Morgan fingerprint density at radius 2 is 1.55 bits per heavy atom. The second kappa shape index (κ2) is 5.59. The van der Waals surface area contributed by atoms with Crippen LogP contribution in [0.15, 0.2) is 24.3 Å². The molecule has 0 heterocycles. The van der Waals surface area contributed by atoms with Gasteiger partial charge in [0.2, 0.25) is 0 Å². The summed E-state index contributed by atoms with van der Waals surface area (Å²) in [4.78, 5) is 0. The number of nitrogens with one attached hydrogen (secondary N) is 1. The predicted octanol–water partition coefficient (Wildman–Crippen LogP) is 2.34. The van der Waals surface area contributed by atoms with E-state index < -0.39 is 0 Å². The van der Waals surface area contributed by atoms with Crippen LogP contribution in [0.3, 0.4) is 0 Å². The molecule has 62 valence electrons. The molecule has 0 radical (unpaired) electrons. The third-order valence-corrected chi connectivity index (χ3v) is 1.20. The molecule has 0 saturated carbocycles. The smallest absolute Gasteiger partial charge is 0.0339 e. The Morgan fingerprint density at radius 3 is 1.91 bits per heavy atom. The number of rotatable bonds is 1. The van der Waals surface area contributed by atoms with Gasteiger partial charge in [-0.05, 0) is 24.3 Å². The summed E-state index contributed by atoms with van der Waals surface area (Å²) in [5.41, 5.74) is 7.34. The monoisotopic (exact) mass is 152 g/mol. The fourth-order valence-corrected chi connectivity index (χ4v) is 0.650. The zero-order chi connectivity index (χ0) is 8.69. The summed E-state index contributed by atoms with van der Waals surface area (Å²) in [6, 6.07) is 7.61. The molecule has 0 bridgehead atoms. The van der Waals surface area contributed by atoms with E-state index >= 15 is 0 Å². The summed E-state index contributed by atoms with van der Waals surface area (Å²) in [7, 11) is 1.88. The van der Waals surface area contributed by atoms with Gasteiger partial charge >= 0.3 is 0 Å². The van der Waals surface area contributed by atoms with Gasteiger partial charge in [-0.25, -0.2) is 0 Å². The fourth-order valence-electron chi connectivity index (χ4n) is 0.650. The third kappa shape index (κ3) is 3.50. The Kier molecular flexibility index (Phi) is 4.99. The van der Waals surface area contributed by atoms with Crippen molar-refractivity contribution in [3.05, 3.63) is 24.3 Å². The topological polar surface area (TPSA) is 38.0 Å². The van der Waals surface area contributed by atoms with Gasteiger partial charge in [0.25, 0.3) is 0 Å². The SMILES string of the molecule is CC.CNc1ccc(N)cc1. The van der Waals surface area contributed by atoms with Crippen molar-refractivity contribution in [1.29, 1.82) is 0 Å². The quantitative estimate of drug-likeness (QED) is 0.606. The molecule has 2 heteroatoms. The van der Waals surface area contributed by atoms with E-state index in [1.807, 2.05) is 45.2 Å². The van der Waals surface area contributed by atoms with Gasteiger partial charge in [0.1, 0.15) is 0 Å². The first-order valence-electron chi connectivity index (χ1n) is 3.86. The molecule has 1 rings (SSSR count). The molecular formula is C9H16N2. The van der Waals surface area contributed by atoms with Gasteiger partial charge in [-0.2, -0.15) is 0 Å². The molecule has 0 aromatic heterocycles.